The van der Waals surface area contributed by atoms with Crippen molar-refractivity contribution >= 4 is 33.8 Å². The minimum atomic E-state index is 0.327. The first kappa shape index (κ1) is 13.1. The van der Waals surface area contributed by atoms with E-state index in [-0.39, 0.29) is 0 Å². The second-order valence-corrected chi connectivity index (χ2v) is 5.57. The zero-order valence-electron chi connectivity index (χ0n) is 10.8. The van der Waals surface area contributed by atoms with Crippen LogP contribution in [0.4, 0.5) is 17.8 Å². The van der Waals surface area contributed by atoms with Gasteiger partial charge in [-0.3, -0.25) is 0 Å². The summed E-state index contributed by atoms with van der Waals surface area (Å²) in [5.41, 5.74) is 5.50. The van der Waals surface area contributed by atoms with Crippen molar-refractivity contribution in [2.45, 2.75) is 18.9 Å². The highest BCUT2D eigenvalue weighted by atomic mass is 79.9. The summed E-state index contributed by atoms with van der Waals surface area (Å²) in [6.45, 7) is 1.80. The number of anilines is 3. The van der Waals surface area contributed by atoms with Gasteiger partial charge in [-0.1, -0.05) is 0 Å². The minimum absolute atomic E-state index is 0.327. The summed E-state index contributed by atoms with van der Waals surface area (Å²) >= 11 is 3.34. The third-order valence-corrected chi connectivity index (χ3v) is 3.63. The van der Waals surface area contributed by atoms with E-state index >= 15 is 0 Å². The van der Waals surface area contributed by atoms with Crippen LogP contribution in [-0.4, -0.2) is 44.3 Å². The summed E-state index contributed by atoms with van der Waals surface area (Å²) in [5.74, 6) is 1.66. The third kappa shape index (κ3) is 2.98. The molecule has 20 heavy (non-hydrogen) atoms. The molecule has 1 aliphatic rings. The fourth-order valence-corrected chi connectivity index (χ4v) is 2.42. The van der Waals surface area contributed by atoms with E-state index in [1.807, 2.05) is 0 Å². The molecule has 0 unspecified atom stereocenters. The number of hydrogen-bond acceptors (Lipinski definition) is 7. The Hall–Kier alpha value is -1.90. The van der Waals surface area contributed by atoms with E-state index in [2.05, 4.69) is 51.3 Å². The first-order chi connectivity index (χ1) is 9.70. The van der Waals surface area contributed by atoms with Crippen LogP contribution in [0.2, 0.25) is 0 Å². The maximum atomic E-state index is 5.50. The van der Waals surface area contributed by atoms with E-state index in [1.54, 1.807) is 12.4 Å². The molecule has 1 fully saturated rings. The van der Waals surface area contributed by atoms with Crippen molar-refractivity contribution in [1.29, 1.82) is 0 Å². The molecule has 0 amide bonds. The van der Waals surface area contributed by atoms with Gasteiger partial charge in [0.05, 0.1) is 4.47 Å². The Labute approximate surface area is 124 Å². The van der Waals surface area contributed by atoms with Crippen LogP contribution >= 0.6 is 15.9 Å². The fraction of sp³-hybridized carbons (Fsp3) is 0.455. The van der Waals surface area contributed by atoms with E-state index < -0.39 is 0 Å². The molecule has 0 bridgehead atoms. The quantitative estimate of drug-likeness (QED) is 0.766. The summed E-state index contributed by atoms with van der Waals surface area (Å²) in [5, 5.41) is 9.87. The summed E-state index contributed by atoms with van der Waals surface area (Å²) < 4.78 is 0.889. The zero-order chi connectivity index (χ0) is 13.9. The number of nitrogens with one attached hydrogen (secondary N) is 2. The van der Waals surface area contributed by atoms with Crippen LogP contribution in [0.1, 0.15) is 12.8 Å². The van der Waals surface area contributed by atoms with E-state index in [1.165, 1.54) is 0 Å². The number of nitrogens with zero attached hydrogens (tertiary/aromatic N) is 5. The van der Waals surface area contributed by atoms with Crippen LogP contribution in [0.15, 0.2) is 16.9 Å². The topological polar surface area (TPSA) is 109 Å². The summed E-state index contributed by atoms with van der Waals surface area (Å²) in [6, 6.07) is 0.344. The van der Waals surface area contributed by atoms with Gasteiger partial charge >= 0.3 is 0 Å². The summed E-state index contributed by atoms with van der Waals surface area (Å²) in [4.78, 5) is 14.9. The van der Waals surface area contributed by atoms with Gasteiger partial charge in [0.2, 0.25) is 17.8 Å². The average molecular weight is 339 g/mol. The smallest absolute Gasteiger partial charge is 0.243 e. The number of nitrogens with two attached hydrogens (primary N) is 1. The van der Waals surface area contributed by atoms with Crippen molar-refractivity contribution in [1.82, 2.24) is 25.1 Å². The van der Waals surface area contributed by atoms with Crippen molar-refractivity contribution in [2.75, 3.05) is 29.0 Å². The lowest BCUT2D eigenvalue weighted by atomic mass is 10.1. The Morgan fingerprint density at radius 1 is 1.30 bits per heavy atom. The van der Waals surface area contributed by atoms with Crippen LogP contribution < -0.4 is 16.0 Å². The van der Waals surface area contributed by atoms with Gasteiger partial charge in [0.15, 0.2) is 0 Å². The van der Waals surface area contributed by atoms with Crippen LogP contribution in [0.25, 0.3) is 0 Å². The van der Waals surface area contributed by atoms with Gasteiger partial charge < -0.3 is 16.0 Å². The van der Waals surface area contributed by atoms with Gasteiger partial charge in [-0.2, -0.15) is 4.98 Å². The molecule has 2 aromatic heterocycles. The molecule has 8 nitrogen and oxygen atoms in total. The van der Waals surface area contributed by atoms with Gasteiger partial charge in [0.25, 0.3) is 0 Å². The molecule has 0 radical (unpaired) electrons. The van der Waals surface area contributed by atoms with Gasteiger partial charge in [-0.05, 0) is 28.8 Å². The second-order valence-electron chi connectivity index (χ2n) is 4.65. The molecular weight excluding hydrogens is 324 g/mol. The monoisotopic (exact) mass is 338 g/mol. The second kappa shape index (κ2) is 5.61. The molecule has 0 aromatic carbocycles. The highest BCUT2D eigenvalue weighted by molar-refractivity contribution is 9.10. The maximum Gasteiger partial charge on any atom is 0.243 e. The minimum Gasteiger partial charge on any atom is -0.368 e. The molecule has 1 aliphatic heterocycles. The molecule has 0 saturated carbocycles. The Morgan fingerprint density at radius 3 is 2.60 bits per heavy atom. The molecule has 0 spiro atoms. The molecule has 4 N–H and O–H groups in total. The highest BCUT2D eigenvalue weighted by Gasteiger charge is 2.21. The number of rotatable bonds is 3. The standard InChI is InChI=1S/C11H15BrN8/c12-7-5-14-11(15-6-7)20-3-1-8(2-4-20)16-10-17-9(13)18-19-10/h5-6,8H,1-4H2,(H4,13,16,17,18,19). The van der Waals surface area contributed by atoms with Crippen molar-refractivity contribution in [2.24, 2.45) is 0 Å². The van der Waals surface area contributed by atoms with Gasteiger partial charge in [0, 0.05) is 31.5 Å². The first-order valence-electron chi connectivity index (χ1n) is 6.37. The molecule has 0 atom stereocenters. The predicted octanol–water partition coefficient (Wildman–Crippen LogP) is 1.02. The van der Waals surface area contributed by atoms with Crippen LogP contribution in [0, 0.1) is 0 Å². The van der Waals surface area contributed by atoms with Crippen molar-refractivity contribution in [3.8, 4) is 0 Å². The van der Waals surface area contributed by atoms with Crippen LogP contribution in [-0.2, 0) is 0 Å². The molecule has 2 aromatic rings. The molecular formula is C11H15BrN8. The number of aromatic nitrogens is 5. The number of hydrogen-bond donors (Lipinski definition) is 3. The molecule has 3 rings (SSSR count). The fourth-order valence-electron chi connectivity index (χ4n) is 2.21. The SMILES string of the molecule is Nc1nc(NC2CCN(c3ncc(Br)cn3)CC2)n[nH]1. The van der Waals surface area contributed by atoms with Crippen molar-refractivity contribution in [3.63, 3.8) is 0 Å². The highest BCUT2D eigenvalue weighted by Crippen LogP contribution is 2.19. The lowest BCUT2D eigenvalue weighted by Crippen LogP contribution is -2.40. The number of nitrogen functional groups attached to an aromatic ring is 1. The van der Waals surface area contributed by atoms with Crippen LogP contribution in [0.3, 0.4) is 0 Å². The Balaban J connectivity index is 1.55. The largest absolute Gasteiger partial charge is 0.368 e. The van der Waals surface area contributed by atoms with E-state index in [0.717, 1.165) is 36.4 Å². The molecule has 0 aliphatic carbocycles. The van der Waals surface area contributed by atoms with E-state index in [0.29, 0.717) is 17.9 Å². The average Bonchev–Trinajstić information content (AvgIpc) is 2.86. The molecule has 9 heteroatoms. The number of halogens is 1. The lowest BCUT2D eigenvalue weighted by Gasteiger charge is -2.32. The number of H-pyrrole nitrogens is 1. The van der Waals surface area contributed by atoms with Crippen LogP contribution in [0.5, 0.6) is 0 Å². The first-order valence-corrected chi connectivity index (χ1v) is 7.17. The number of aromatic amines is 1. The predicted molar refractivity (Wildman–Crippen MR) is 79.4 cm³/mol. The summed E-state index contributed by atoms with van der Waals surface area (Å²) in [7, 11) is 0. The zero-order valence-corrected chi connectivity index (χ0v) is 12.3. The Bertz CT molecular complexity index is 560. The molecule has 3 heterocycles. The van der Waals surface area contributed by atoms with E-state index in [4.69, 9.17) is 5.73 Å². The summed E-state index contributed by atoms with van der Waals surface area (Å²) in [6.07, 6.45) is 5.49. The molecule has 1 saturated heterocycles. The normalized spacial score (nSPS) is 16.4. The van der Waals surface area contributed by atoms with E-state index in [9.17, 15) is 0 Å². The van der Waals surface area contributed by atoms with Crippen molar-refractivity contribution < 1.29 is 0 Å². The number of piperidine rings is 1. The third-order valence-electron chi connectivity index (χ3n) is 3.22. The van der Waals surface area contributed by atoms with Crippen molar-refractivity contribution in [3.05, 3.63) is 16.9 Å². The van der Waals surface area contributed by atoms with Gasteiger partial charge in [-0.25, -0.2) is 15.1 Å². The van der Waals surface area contributed by atoms with Gasteiger partial charge in [-0.15, -0.1) is 5.10 Å². The van der Waals surface area contributed by atoms with Gasteiger partial charge in [0.1, 0.15) is 0 Å². The molecule has 106 valence electrons. The maximum absolute atomic E-state index is 5.50. The lowest BCUT2D eigenvalue weighted by molar-refractivity contribution is 0.517. The Morgan fingerprint density at radius 2 is 2.00 bits per heavy atom. The Kier molecular flexibility index (Phi) is 3.68.